The Balaban J connectivity index is 1.45. The van der Waals surface area contributed by atoms with Crippen LogP contribution in [0.4, 0.5) is 0 Å². The number of hydrogen-bond donors (Lipinski definition) is 0. The molecule has 1 fully saturated rings. The van der Waals surface area contributed by atoms with Gasteiger partial charge in [0, 0.05) is 62.7 Å². The normalized spacial score (nSPS) is 18.5. The van der Waals surface area contributed by atoms with Gasteiger partial charge >= 0.3 is 0 Å². The molecule has 1 aliphatic heterocycles. The topological polar surface area (TPSA) is 82.2 Å². The predicted molar refractivity (Wildman–Crippen MR) is 156 cm³/mol. The number of piperidine rings is 1. The molecule has 0 bridgehead atoms. The van der Waals surface area contributed by atoms with Gasteiger partial charge in [0.2, 0.25) is 5.91 Å². The van der Waals surface area contributed by atoms with E-state index in [0.717, 1.165) is 52.7 Å². The minimum absolute atomic E-state index is 0.0400. The highest BCUT2D eigenvalue weighted by Crippen LogP contribution is 2.33. The molecule has 1 aliphatic rings. The van der Waals surface area contributed by atoms with Gasteiger partial charge < -0.3 is 18.8 Å². The minimum atomic E-state index is -1.16. The van der Waals surface area contributed by atoms with Crippen LogP contribution in [0.15, 0.2) is 41.6 Å². The summed E-state index contributed by atoms with van der Waals surface area (Å²) in [6.45, 7) is 13.7. The van der Waals surface area contributed by atoms with E-state index in [1.807, 2.05) is 40.9 Å². The van der Waals surface area contributed by atoms with Crippen LogP contribution >= 0.6 is 11.5 Å². The molecule has 1 saturated heterocycles. The van der Waals surface area contributed by atoms with Crippen molar-refractivity contribution in [3.05, 3.63) is 57.6 Å². The largest absolute Gasteiger partial charge is 0.361 e. The van der Waals surface area contributed by atoms with Crippen LogP contribution in [0.3, 0.4) is 0 Å². The summed E-state index contributed by atoms with van der Waals surface area (Å²) < 4.78 is 14.5. The third kappa shape index (κ3) is 5.62. The van der Waals surface area contributed by atoms with E-state index in [-0.39, 0.29) is 17.4 Å². The smallest absolute Gasteiger partial charge is 0.227 e. The lowest BCUT2D eigenvalue weighted by Crippen LogP contribution is -2.44. The third-order valence-electron chi connectivity index (χ3n) is 7.53. The van der Waals surface area contributed by atoms with Crippen LogP contribution in [-0.4, -0.2) is 57.1 Å². The molecule has 202 valence electrons. The summed E-state index contributed by atoms with van der Waals surface area (Å²) in [6, 6.07) is 6.82. The summed E-state index contributed by atoms with van der Waals surface area (Å²) in [5, 5.41) is 1.54. The quantitative estimate of drug-likeness (QED) is 0.225. The van der Waals surface area contributed by atoms with Crippen molar-refractivity contribution in [3.8, 4) is 0 Å². The van der Waals surface area contributed by atoms with Gasteiger partial charge in [-0.05, 0) is 49.0 Å². The van der Waals surface area contributed by atoms with Crippen molar-refractivity contribution >= 4 is 47.4 Å². The summed E-state index contributed by atoms with van der Waals surface area (Å²) in [6.07, 6.45) is 6.87. The number of ether oxygens (including phenoxy) is 1. The first-order chi connectivity index (χ1) is 18.1. The second-order valence-corrected chi connectivity index (χ2v) is 18.3. The summed E-state index contributed by atoms with van der Waals surface area (Å²) in [4.78, 5) is 33.7. The number of aromatic nitrogens is 4. The molecular weight excluding hydrogens is 514 g/mol. The highest BCUT2D eigenvalue weighted by molar-refractivity contribution is 7.05. The summed E-state index contributed by atoms with van der Waals surface area (Å²) in [5.41, 5.74) is 2.60. The van der Waals surface area contributed by atoms with Gasteiger partial charge in [-0.3, -0.25) is 9.59 Å². The SMILES string of the molecule is Cc1cc(CC(=O)N2CC[C@@H](C)[C@@H](n3ccc(=O)c4cnc5c(ccn5COCC[Si](C)(C)C)c43)C2)sn1. The summed E-state index contributed by atoms with van der Waals surface area (Å²) in [5.74, 6) is 0.481. The lowest BCUT2D eigenvalue weighted by molar-refractivity contribution is -0.132. The fourth-order valence-corrected chi connectivity index (χ4v) is 6.70. The number of nitrogens with zero attached hydrogens (tertiary/aromatic N) is 5. The standard InChI is InChI=1S/C28H37N5O3SSi/c1-19-6-9-31(26(35)15-21-14-20(2)30-37-21)17-24(19)33-11-8-25(34)23-16-29-28-22(27(23)33)7-10-32(28)18-36-12-13-38(3,4)5/h7-8,10-11,14,16,19,24H,6,9,12-13,15,17-18H2,1-5H3/t19-,24+/m1/s1. The molecule has 4 aromatic heterocycles. The molecule has 0 aliphatic carbocycles. The van der Waals surface area contributed by atoms with Crippen molar-refractivity contribution in [2.75, 3.05) is 19.7 Å². The maximum atomic E-state index is 13.2. The van der Waals surface area contributed by atoms with E-state index in [1.165, 1.54) is 11.5 Å². The zero-order chi connectivity index (χ0) is 27.0. The average Bonchev–Trinajstić information content (AvgIpc) is 3.47. The van der Waals surface area contributed by atoms with Crippen LogP contribution in [-0.2, 0) is 22.7 Å². The molecule has 0 aromatic carbocycles. The van der Waals surface area contributed by atoms with Gasteiger partial charge in [0.15, 0.2) is 5.43 Å². The van der Waals surface area contributed by atoms with Gasteiger partial charge in [0.25, 0.3) is 0 Å². The van der Waals surface area contributed by atoms with Crippen molar-refractivity contribution in [3.63, 3.8) is 0 Å². The van der Waals surface area contributed by atoms with Crippen LogP contribution in [0.2, 0.25) is 25.7 Å². The molecule has 0 spiro atoms. The second-order valence-electron chi connectivity index (χ2n) is 11.8. The van der Waals surface area contributed by atoms with Gasteiger partial charge in [0.1, 0.15) is 12.4 Å². The first-order valence-corrected chi connectivity index (χ1v) is 17.9. The monoisotopic (exact) mass is 551 g/mol. The highest BCUT2D eigenvalue weighted by Gasteiger charge is 2.31. The number of aryl methyl sites for hydroxylation is 1. The lowest BCUT2D eigenvalue weighted by Gasteiger charge is -2.39. The number of likely N-dealkylation sites (tertiary alicyclic amines) is 1. The first kappa shape index (κ1) is 26.8. The molecule has 8 nitrogen and oxygen atoms in total. The molecular formula is C28H37N5O3SSi. The maximum absolute atomic E-state index is 13.2. The Labute approximate surface area is 228 Å². The molecule has 5 rings (SSSR count). The van der Waals surface area contributed by atoms with Gasteiger partial charge in [-0.15, -0.1) is 0 Å². The van der Waals surface area contributed by atoms with Gasteiger partial charge in [0.05, 0.1) is 29.1 Å². The van der Waals surface area contributed by atoms with Crippen LogP contribution in [0.1, 0.15) is 30.0 Å². The van der Waals surface area contributed by atoms with E-state index in [4.69, 9.17) is 4.74 Å². The highest BCUT2D eigenvalue weighted by atomic mass is 32.1. The van der Waals surface area contributed by atoms with Crippen LogP contribution in [0, 0.1) is 12.8 Å². The van der Waals surface area contributed by atoms with Crippen molar-refractivity contribution in [1.82, 2.24) is 23.4 Å². The molecule has 0 unspecified atom stereocenters. The Bertz CT molecular complexity index is 1520. The maximum Gasteiger partial charge on any atom is 0.227 e. The lowest BCUT2D eigenvalue weighted by atomic mass is 9.92. The van der Waals surface area contributed by atoms with Gasteiger partial charge in [-0.1, -0.05) is 26.6 Å². The molecule has 1 amide bonds. The number of rotatable bonds is 8. The van der Waals surface area contributed by atoms with Crippen LogP contribution in [0.5, 0.6) is 0 Å². The van der Waals surface area contributed by atoms with E-state index in [2.05, 4.69) is 40.5 Å². The fraction of sp³-hybridized carbons (Fsp3) is 0.500. The molecule has 38 heavy (non-hydrogen) atoms. The van der Waals surface area contributed by atoms with Crippen molar-refractivity contribution in [2.45, 2.75) is 65.1 Å². The summed E-state index contributed by atoms with van der Waals surface area (Å²) in [7, 11) is -1.16. The number of carbonyl (C=O) groups is 1. The third-order valence-corrected chi connectivity index (χ3v) is 10.1. The molecule has 4 aromatic rings. The molecule has 0 saturated carbocycles. The van der Waals surface area contributed by atoms with E-state index in [0.29, 0.717) is 31.0 Å². The van der Waals surface area contributed by atoms with E-state index < -0.39 is 8.07 Å². The molecule has 0 radical (unpaired) electrons. The summed E-state index contributed by atoms with van der Waals surface area (Å²) >= 11 is 1.40. The van der Waals surface area contributed by atoms with Gasteiger partial charge in [-0.25, -0.2) is 4.98 Å². The second kappa shape index (κ2) is 10.7. The molecule has 2 atom stereocenters. The number of hydrogen-bond acceptors (Lipinski definition) is 6. The number of amides is 1. The Hall–Kier alpha value is -2.82. The fourth-order valence-electron chi connectivity index (χ4n) is 5.22. The molecule has 5 heterocycles. The molecule has 10 heteroatoms. The molecule has 0 N–H and O–H groups in total. The Kier molecular flexibility index (Phi) is 7.57. The van der Waals surface area contributed by atoms with E-state index in [9.17, 15) is 9.59 Å². The van der Waals surface area contributed by atoms with E-state index >= 15 is 0 Å². The van der Waals surface area contributed by atoms with Crippen LogP contribution in [0.25, 0.3) is 21.9 Å². The van der Waals surface area contributed by atoms with Crippen molar-refractivity contribution in [1.29, 1.82) is 0 Å². The zero-order valence-corrected chi connectivity index (χ0v) is 24.8. The van der Waals surface area contributed by atoms with Crippen molar-refractivity contribution < 1.29 is 9.53 Å². The van der Waals surface area contributed by atoms with Gasteiger partial charge in [-0.2, -0.15) is 4.37 Å². The van der Waals surface area contributed by atoms with Crippen LogP contribution < -0.4 is 5.43 Å². The van der Waals surface area contributed by atoms with E-state index in [1.54, 1.807) is 12.3 Å². The average molecular weight is 552 g/mol. The predicted octanol–water partition coefficient (Wildman–Crippen LogP) is 5.08. The number of pyridine rings is 2. The van der Waals surface area contributed by atoms with Crippen molar-refractivity contribution in [2.24, 2.45) is 5.92 Å². The number of fused-ring (bicyclic) bond motifs is 3. The number of carbonyl (C=O) groups excluding carboxylic acids is 1. The zero-order valence-electron chi connectivity index (χ0n) is 22.9. The Morgan fingerprint density at radius 3 is 2.76 bits per heavy atom. The Morgan fingerprint density at radius 1 is 1.21 bits per heavy atom. The minimum Gasteiger partial charge on any atom is -0.361 e. The first-order valence-electron chi connectivity index (χ1n) is 13.4. The Morgan fingerprint density at radius 2 is 2.03 bits per heavy atom.